The molecule has 2 N–H and O–H groups in total. The Hall–Kier alpha value is -0.820. The number of carbonyl (C=O) groups is 1. The second kappa shape index (κ2) is 8.46. The van der Waals surface area contributed by atoms with Gasteiger partial charge in [-0.05, 0) is 64.3 Å². The summed E-state index contributed by atoms with van der Waals surface area (Å²) in [6.45, 7) is 6.60. The lowest BCUT2D eigenvalue weighted by atomic mass is 10.0. The van der Waals surface area contributed by atoms with Gasteiger partial charge in [-0.15, -0.1) is 0 Å². The Balaban J connectivity index is 0.000000246. The molecule has 2 aliphatic heterocycles. The molecule has 7 heteroatoms. The van der Waals surface area contributed by atoms with Crippen LogP contribution in [-0.4, -0.2) is 54.9 Å². The van der Waals surface area contributed by atoms with Gasteiger partial charge in [-0.25, -0.2) is 4.79 Å². The number of nitrogens with zero attached hydrogens (tertiary/aromatic N) is 1. The molecule has 4 nitrogen and oxygen atoms in total. The van der Waals surface area contributed by atoms with Gasteiger partial charge in [0.25, 0.3) is 0 Å². The molecule has 2 aliphatic rings. The summed E-state index contributed by atoms with van der Waals surface area (Å²) in [6, 6.07) is 0. The Labute approximate surface area is 117 Å². The Kier molecular flexibility index (Phi) is 7.29. The van der Waals surface area contributed by atoms with Crippen molar-refractivity contribution in [3.05, 3.63) is 0 Å². The summed E-state index contributed by atoms with van der Waals surface area (Å²) >= 11 is 0. The second-order valence-corrected chi connectivity index (χ2v) is 5.35. The lowest BCUT2D eigenvalue weighted by Crippen LogP contribution is -2.31. The third-order valence-electron chi connectivity index (χ3n) is 3.71. The molecule has 0 bridgehead atoms. The smallest absolute Gasteiger partial charge is 0.475 e. The molecule has 1 atom stereocenters. The first kappa shape index (κ1) is 17.2. The average Bonchev–Trinajstić information content (AvgIpc) is 2.90. The molecule has 2 saturated heterocycles. The van der Waals surface area contributed by atoms with Crippen molar-refractivity contribution in [2.24, 2.45) is 5.92 Å². The normalized spacial score (nSPS) is 24.1. The van der Waals surface area contributed by atoms with E-state index in [2.05, 4.69) is 10.2 Å². The fourth-order valence-electron chi connectivity index (χ4n) is 2.51. The molecule has 2 heterocycles. The molecular weight excluding hydrogens is 273 g/mol. The van der Waals surface area contributed by atoms with Gasteiger partial charge in [-0.1, -0.05) is 6.42 Å². The number of rotatable bonds is 3. The highest BCUT2D eigenvalue weighted by atomic mass is 19.4. The molecular formula is C13H23F3N2O2. The van der Waals surface area contributed by atoms with E-state index in [9.17, 15) is 13.2 Å². The number of carboxylic acid groups (broad SMARTS) is 1. The minimum absolute atomic E-state index is 0.974. The summed E-state index contributed by atoms with van der Waals surface area (Å²) in [5.74, 6) is -1.78. The molecule has 1 unspecified atom stereocenters. The summed E-state index contributed by atoms with van der Waals surface area (Å²) in [5.41, 5.74) is 0. The quantitative estimate of drug-likeness (QED) is 0.837. The Bertz CT molecular complexity index is 286. The highest BCUT2D eigenvalue weighted by Crippen LogP contribution is 2.15. The van der Waals surface area contributed by atoms with Gasteiger partial charge in [-0.3, -0.25) is 0 Å². The summed E-state index contributed by atoms with van der Waals surface area (Å²) in [7, 11) is 0. The molecule has 0 spiro atoms. The molecule has 2 rings (SSSR count). The maximum absolute atomic E-state index is 10.6. The number of alkyl halides is 3. The zero-order valence-electron chi connectivity index (χ0n) is 11.6. The van der Waals surface area contributed by atoms with Gasteiger partial charge >= 0.3 is 12.1 Å². The Morgan fingerprint density at radius 1 is 1.25 bits per heavy atom. The van der Waals surface area contributed by atoms with Crippen LogP contribution in [-0.2, 0) is 4.79 Å². The van der Waals surface area contributed by atoms with Crippen LogP contribution in [0.5, 0.6) is 0 Å². The van der Waals surface area contributed by atoms with E-state index in [4.69, 9.17) is 9.90 Å². The minimum atomic E-state index is -5.08. The van der Waals surface area contributed by atoms with Crippen molar-refractivity contribution in [2.75, 3.05) is 32.7 Å². The maximum Gasteiger partial charge on any atom is 0.490 e. The first-order chi connectivity index (χ1) is 9.39. The van der Waals surface area contributed by atoms with E-state index < -0.39 is 12.1 Å². The van der Waals surface area contributed by atoms with Gasteiger partial charge < -0.3 is 15.3 Å². The van der Waals surface area contributed by atoms with Crippen LogP contribution >= 0.6 is 0 Å². The fraction of sp³-hybridized carbons (Fsp3) is 0.923. The molecule has 0 amide bonds. The number of aliphatic carboxylic acids is 1. The van der Waals surface area contributed by atoms with Crippen LogP contribution in [0.15, 0.2) is 0 Å². The molecule has 2 fully saturated rings. The summed E-state index contributed by atoms with van der Waals surface area (Å²) < 4.78 is 31.7. The van der Waals surface area contributed by atoms with Crippen molar-refractivity contribution in [1.82, 2.24) is 10.2 Å². The second-order valence-electron chi connectivity index (χ2n) is 5.35. The molecule has 0 aromatic heterocycles. The predicted molar refractivity (Wildman–Crippen MR) is 69.6 cm³/mol. The van der Waals surface area contributed by atoms with Crippen LogP contribution in [0.3, 0.4) is 0 Å². The van der Waals surface area contributed by atoms with Crippen molar-refractivity contribution < 1.29 is 23.1 Å². The van der Waals surface area contributed by atoms with Crippen LogP contribution in [0.25, 0.3) is 0 Å². The predicted octanol–water partition coefficient (Wildman–Crippen LogP) is 2.11. The van der Waals surface area contributed by atoms with Gasteiger partial charge in [0.15, 0.2) is 0 Å². The molecule has 0 aliphatic carbocycles. The van der Waals surface area contributed by atoms with E-state index in [1.165, 1.54) is 64.8 Å². The van der Waals surface area contributed by atoms with Crippen LogP contribution in [0.2, 0.25) is 0 Å². The third-order valence-corrected chi connectivity index (χ3v) is 3.71. The highest BCUT2D eigenvalue weighted by Gasteiger charge is 2.38. The van der Waals surface area contributed by atoms with Gasteiger partial charge in [-0.2, -0.15) is 13.2 Å². The zero-order chi connectivity index (χ0) is 15.0. The molecule has 0 aromatic rings. The van der Waals surface area contributed by atoms with Crippen molar-refractivity contribution in [3.8, 4) is 0 Å². The van der Waals surface area contributed by atoms with E-state index in [-0.39, 0.29) is 0 Å². The minimum Gasteiger partial charge on any atom is -0.475 e. The molecule has 20 heavy (non-hydrogen) atoms. The Morgan fingerprint density at radius 2 is 1.85 bits per heavy atom. The van der Waals surface area contributed by atoms with E-state index in [0.717, 1.165) is 5.92 Å². The topological polar surface area (TPSA) is 52.6 Å². The summed E-state index contributed by atoms with van der Waals surface area (Å²) in [4.78, 5) is 11.6. The van der Waals surface area contributed by atoms with E-state index in [0.29, 0.717) is 0 Å². The summed E-state index contributed by atoms with van der Waals surface area (Å²) in [6.07, 6.45) is 2.08. The van der Waals surface area contributed by atoms with Crippen LogP contribution in [0.1, 0.15) is 32.1 Å². The van der Waals surface area contributed by atoms with Crippen molar-refractivity contribution in [2.45, 2.75) is 38.3 Å². The van der Waals surface area contributed by atoms with Gasteiger partial charge in [0.2, 0.25) is 0 Å². The van der Waals surface area contributed by atoms with Gasteiger partial charge in [0, 0.05) is 0 Å². The fourth-order valence-corrected chi connectivity index (χ4v) is 2.51. The van der Waals surface area contributed by atoms with Crippen molar-refractivity contribution in [3.63, 3.8) is 0 Å². The number of likely N-dealkylation sites (tertiary alicyclic amines) is 1. The first-order valence-electron chi connectivity index (χ1n) is 7.13. The largest absolute Gasteiger partial charge is 0.490 e. The maximum atomic E-state index is 10.6. The monoisotopic (exact) mass is 296 g/mol. The number of piperidine rings is 1. The average molecular weight is 296 g/mol. The molecule has 0 aromatic carbocycles. The SMILES string of the molecule is C1CCN(CCC2CCNC2)CC1.O=C(O)C(F)(F)F. The molecule has 118 valence electrons. The van der Waals surface area contributed by atoms with Crippen LogP contribution < -0.4 is 5.32 Å². The molecule has 0 radical (unpaired) electrons. The number of halogens is 3. The standard InChI is InChI=1S/C11H22N2.C2HF3O2/c1-2-7-13(8-3-1)9-5-11-4-6-12-10-11;3-2(4,5)1(6)7/h11-12H,1-10H2;(H,6,7). The lowest BCUT2D eigenvalue weighted by Gasteiger charge is -2.27. The zero-order valence-corrected chi connectivity index (χ0v) is 11.6. The number of carboxylic acids is 1. The van der Waals surface area contributed by atoms with Gasteiger partial charge in [0.1, 0.15) is 0 Å². The van der Waals surface area contributed by atoms with Crippen LogP contribution in [0, 0.1) is 5.92 Å². The first-order valence-corrected chi connectivity index (χ1v) is 7.13. The summed E-state index contributed by atoms with van der Waals surface area (Å²) in [5, 5.41) is 10.6. The Morgan fingerprint density at radius 3 is 2.30 bits per heavy atom. The van der Waals surface area contributed by atoms with E-state index in [1.807, 2.05) is 0 Å². The van der Waals surface area contributed by atoms with Crippen LogP contribution in [0.4, 0.5) is 13.2 Å². The highest BCUT2D eigenvalue weighted by molar-refractivity contribution is 5.73. The lowest BCUT2D eigenvalue weighted by molar-refractivity contribution is -0.192. The number of hydrogen-bond donors (Lipinski definition) is 2. The molecule has 0 saturated carbocycles. The van der Waals surface area contributed by atoms with Crippen molar-refractivity contribution >= 4 is 5.97 Å². The number of hydrogen-bond acceptors (Lipinski definition) is 3. The van der Waals surface area contributed by atoms with E-state index >= 15 is 0 Å². The van der Waals surface area contributed by atoms with E-state index in [1.54, 1.807) is 0 Å². The number of nitrogens with one attached hydrogen (secondary N) is 1. The van der Waals surface area contributed by atoms with Crippen molar-refractivity contribution in [1.29, 1.82) is 0 Å². The van der Waals surface area contributed by atoms with Gasteiger partial charge in [0.05, 0.1) is 0 Å². The third kappa shape index (κ3) is 7.09.